The van der Waals surface area contributed by atoms with Gasteiger partial charge in [0.2, 0.25) is 9.84 Å². The molecule has 2 bridgehead atoms. The number of benzene rings is 2. The number of aryl methyl sites for hydroxylation is 1. The molecule has 140 valence electrons. The lowest BCUT2D eigenvalue weighted by atomic mass is 10.0. The first-order valence-corrected chi connectivity index (χ1v) is 10.3. The highest BCUT2D eigenvalue weighted by molar-refractivity contribution is 7.92. The summed E-state index contributed by atoms with van der Waals surface area (Å²) in [5.41, 5.74) is 1.70. The Kier molecular flexibility index (Phi) is 4.03. The normalized spacial score (nSPS) is 22.2. The molecule has 1 aliphatic carbocycles. The summed E-state index contributed by atoms with van der Waals surface area (Å²) in [6.45, 7) is 0. The van der Waals surface area contributed by atoms with Crippen LogP contribution < -0.4 is 5.32 Å². The van der Waals surface area contributed by atoms with E-state index in [4.69, 9.17) is 28.3 Å². The summed E-state index contributed by atoms with van der Waals surface area (Å²) in [6.07, 6.45) is 0.338. The molecule has 6 nitrogen and oxygen atoms in total. The smallest absolute Gasteiger partial charge is 0.307 e. The number of carboxylic acid groups (broad SMARTS) is 1. The quantitative estimate of drug-likeness (QED) is 0.769. The standard InChI is InChI=1S/C18H13Cl2NO5S/c19-11-7-12-16(20)14(8-11)27(25,26)18(21-17(12)24)4-3-10-5-9(6-15(22)23)1-2-13(10)18/h1-2,5,7-8H,3-4,6H2,(H,21,24)(H,22,23). The van der Waals surface area contributed by atoms with Gasteiger partial charge >= 0.3 is 5.97 Å². The minimum Gasteiger partial charge on any atom is -0.481 e. The second-order valence-corrected chi connectivity index (χ2v) is 9.57. The molecule has 1 heterocycles. The average Bonchev–Trinajstić information content (AvgIpc) is 2.93. The van der Waals surface area contributed by atoms with Crippen molar-refractivity contribution >= 4 is 44.9 Å². The molecule has 1 unspecified atom stereocenters. The maximum absolute atomic E-state index is 13.5. The number of hydrogen-bond acceptors (Lipinski definition) is 4. The minimum atomic E-state index is -4.10. The summed E-state index contributed by atoms with van der Waals surface area (Å²) in [6, 6.07) is 7.40. The molecule has 9 heteroatoms. The molecule has 0 saturated heterocycles. The Hall–Kier alpha value is -2.09. The highest BCUT2D eigenvalue weighted by Crippen LogP contribution is 2.48. The molecule has 27 heavy (non-hydrogen) atoms. The molecule has 0 aromatic heterocycles. The number of rotatable bonds is 2. The van der Waals surface area contributed by atoms with Gasteiger partial charge in [0.1, 0.15) is 0 Å². The van der Waals surface area contributed by atoms with Gasteiger partial charge in [-0.2, -0.15) is 0 Å². The molecule has 4 rings (SSSR count). The summed E-state index contributed by atoms with van der Waals surface area (Å²) in [5.74, 6) is -1.59. The Morgan fingerprint density at radius 3 is 2.67 bits per heavy atom. The first-order chi connectivity index (χ1) is 12.7. The second-order valence-electron chi connectivity index (χ2n) is 6.61. The summed E-state index contributed by atoms with van der Waals surface area (Å²) < 4.78 is 27.0. The maximum Gasteiger partial charge on any atom is 0.307 e. The number of aliphatic carboxylic acids is 1. The van der Waals surface area contributed by atoms with Crippen molar-refractivity contribution in [2.24, 2.45) is 0 Å². The van der Waals surface area contributed by atoms with E-state index in [9.17, 15) is 18.0 Å². The third kappa shape index (κ3) is 2.56. The van der Waals surface area contributed by atoms with Gasteiger partial charge in [-0.25, -0.2) is 8.42 Å². The van der Waals surface area contributed by atoms with Crippen LogP contribution in [0.3, 0.4) is 0 Å². The van der Waals surface area contributed by atoms with Crippen LogP contribution in [0.4, 0.5) is 0 Å². The fourth-order valence-corrected chi connectivity index (χ4v) is 6.69. The minimum absolute atomic E-state index is 0.00978. The lowest BCUT2D eigenvalue weighted by Gasteiger charge is -2.29. The highest BCUT2D eigenvalue weighted by atomic mass is 35.5. The van der Waals surface area contributed by atoms with Crippen LogP contribution in [0.25, 0.3) is 0 Å². The van der Waals surface area contributed by atoms with E-state index in [0.29, 0.717) is 23.1 Å². The Morgan fingerprint density at radius 2 is 1.96 bits per heavy atom. The molecule has 1 atom stereocenters. The van der Waals surface area contributed by atoms with Gasteiger partial charge in [-0.15, -0.1) is 0 Å². The van der Waals surface area contributed by atoms with Crippen LogP contribution in [0.2, 0.25) is 10.0 Å². The van der Waals surface area contributed by atoms with E-state index in [1.165, 1.54) is 12.1 Å². The largest absolute Gasteiger partial charge is 0.481 e. The van der Waals surface area contributed by atoms with Crippen LogP contribution in [0.1, 0.15) is 33.5 Å². The van der Waals surface area contributed by atoms with Crippen molar-refractivity contribution in [2.75, 3.05) is 0 Å². The average molecular weight is 426 g/mol. The third-order valence-electron chi connectivity index (χ3n) is 5.02. The molecule has 1 amide bonds. The molecule has 1 spiro atoms. The van der Waals surface area contributed by atoms with Crippen LogP contribution in [0.5, 0.6) is 0 Å². The fourth-order valence-electron chi connectivity index (χ4n) is 3.82. The number of amides is 1. The van der Waals surface area contributed by atoms with E-state index >= 15 is 0 Å². The van der Waals surface area contributed by atoms with Crippen molar-refractivity contribution in [3.8, 4) is 0 Å². The van der Waals surface area contributed by atoms with Gasteiger partial charge in [0.15, 0.2) is 4.87 Å². The second kappa shape index (κ2) is 5.95. The lowest BCUT2D eigenvalue weighted by molar-refractivity contribution is -0.136. The van der Waals surface area contributed by atoms with Gasteiger partial charge < -0.3 is 10.4 Å². The topological polar surface area (TPSA) is 101 Å². The fraction of sp³-hybridized carbons (Fsp3) is 0.222. The summed E-state index contributed by atoms with van der Waals surface area (Å²) in [7, 11) is -4.10. The van der Waals surface area contributed by atoms with Crippen LogP contribution >= 0.6 is 23.2 Å². The summed E-state index contributed by atoms with van der Waals surface area (Å²) >= 11 is 12.2. The van der Waals surface area contributed by atoms with E-state index in [2.05, 4.69) is 5.32 Å². The first kappa shape index (κ1) is 18.3. The molecule has 0 saturated carbocycles. The number of carboxylic acids is 1. The summed E-state index contributed by atoms with van der Waals surface area (Å²) in [5, 5.41) is 11.6. The number of hydrogen-bond donors (Lipinski definition) is 2. The molecule has 2 aliphatic rings. The molecular formula is C18H13Cl2NO5S. The van der Waals surface area contributed by atoms with Crippen LogP contribution in [-0.2, 0) is 32.3 Å². The van der Waals surface area contributed by atoms with Crippen LogP contribution in [0.15, 0.2) is 35.2 Å². The van der Waals surface area contributed by atoms with Gasteiger partial charge in [0.25, 0.3) is 5.91 Å². The van der Waals surface area contributed by atoms with E-state index in [1.807, 2.05) is 0 Å². The molecule has 0 fully saturated rings. The van der Waals surface area contributed by atoms with E-state index in [-0.39, 0.29) is 33.3 Å². The van der Waals surface area contributed by atoms with Crippen LogP contribution in [0, 0.1) is 0 Å². The van der Waals surface area contributed by atoms with Crippen molar-refractivity contribution in [2.45, 2.75) is 29.0 Å². The zero-order valence-electron chi connectivity index (χ0n) is 13.8. The Bertz CT molecular complexity index is 1130. The Labute approximate surface area is 165 Å². The van der Waals surface area contributed by atoms with Crippen molar-refractivity contribution < 1.29 is 23.1 Å². The third-order valence-corrected chi connectivity index (χ3v) is 8.10. The first-order valence-electron chi connectivity index (χ1n) is 8.06. The monoisotopic (exact) mass is 425 g/mol. The Balaban J connectivity index is 1.94. The number of carbonyl (C=O) groups excluding carboxylic acids is 1. The molecule has 2 aromatic rings. The zero-order chi connectivity index (χ0) is 19.6. The Morgan fingerprint density at radius 1 is 1.22 bits per heavy atom. The predicted molar refractivity (Wildman–Crippen MR) is 98.9 cm³/mol. The van der Waals surface area contributed by atoms with Gasteiger partial charge in [-0.1, -0.05) is 41.4 Å². The maximum atomic E-state index is 13.5. The van der Waals surface area contributed by atoms with Crippen molar-refractivity contribution in [1.82, 2.24) is 5.32 Å². The van der Waals surface area contributed by atoms with Gasteiger partial charge in [-0.05, 0) is 41.7 Å². The SMILES string of the molecule is O=C(O)Cc1ccc2c(c1)CCC21NC(=O)c2cc(Cl)cc(c2Cl)S1(=O)=O. The van der Waals surface area contributed by atoms with Crippen molar-refractivity contribution in [3.05, 3.63) is 62.6 Å². The van der Waals surface area contributed by atoms with Gasteiger partial charge in [-0.3, -0.25) is 9.59 Å². The number of nitrogens with one attached hydrogen (secondary N) is 1. The molecule has 0 radical (unpaired) electrons. The molecule has 1 aliphatic heterocycles. The molecule has 2 aromatic carbocycles. The van der Waals surface area contributed by atoms with Crippen molar-refractivity contribution in [3.63, 3.8) is 0 Å². The number of carbonyl (C=O) groups is 2. The zero-order valence-corrected chi connectivity index (χ0v) is 16.1. The summed E-state index contributed by atoms with van der Waals surface area (Å²) in [4.78, 5) is 21.8. The number of halogens is 2. The van der Waals surface area contributed by atoms with E-state index < -0.39 is 26.6 Å². The van der Waals surface area contributed by atoms with E-state index in [0.717, 1.165) is 0 Å². The van der Waals surface area contributed by atoms with Gasteiger partial charge in [0, 0.05) is 5.02 Å². The molecular weight excluding hydrogens is 413 g/mol. The van der Waals surface area contributed by atoms with Crippen molar-refractivity contribution in [1.29, 1.82) is 0 Å². The lowest BCUT2D eigenvalue weighted by Crippen LogP contribution is -2.48. The van der Waals surface area contributed by atoms with E-state index in [1.54, 1.807) is 18.2 Å². The molecule has 2 N–H and O–H groups in total. The number of fused-ring (bicyclic) bond motifs is 4. The highest BCUT2D eigenvalue weighted by Gasteiger charge is 2.54. The number of sulfone groups is 1. The van der Waals surface area contributed by atoms with Gasteiger partial charge in [0.05, 0.1) is 21.9 Å². The van der Waals surface area contributed by atoms with Crippen LogP contribution in [-0.4, -0.2) is 25.4 Å². The predicted octanol–water partition coefficient (Wildman–Crippen LogP) is 2.94.